The molecule has 2 heteroatoms. The van der Waals surface area contributed by atoms with E-state index in [1.54, 1.807) is 0 Å². The van der Waals surface area contributed by atoms with Crippen molar-refractivity contribution >= 4 is 0 Å². The summed E-state index contributed by atoms with van der Waals surface area (Å²) in [5.41, 5.74) is 2.18. The molecule has 0 aromatic heterocycles. The minimum atomic E-state index is 0.344. The van der Waals surface area contributed by atoms with Gasteiger partial charge in [0.15, 0.2) is 0 Å². The second-order valence-electron chi connectivity index (χ2n) is 2.64. The summed E-state index contributed by atoms with van der Waals surface area (Å²) in [7, 11) is 2.03. The Morgan fingerprint density at radius 3 is 2.45 bits per heavy atom. The van der Waals surface area contributed by atoms with Crippen LogP contribution in [0.3, 0.4) is 0 Å². The lowest BCUT2D eigenvalue weighted by Gasteiger charge is -2.18. The highest BCUT2D eigenvalue weighted by molar-refractivity contribution is 5.33. The molecule has 0 saturated heterocycles. The Morgan fingerprint density at radius 1 is 1.45 bits per heavy atom. The fraction of sp³-hybridized carbons (Fsp3) is 0.333. The Balaban J connectivity index is 2.94. The van der Waals surface area contributed by atoms with Crippen LogP contribution < -0.4 is 5.32 Å². The Hall–Kier alpha value is -1.18. The first kappa shape index (κ1) is 7.92. The maximum atomic E-state index is 3.74. The predicted molar refractivity (Wildman–Crippen MR) is 47.8 cm³/mol. The zero-order chi connectivity index (χ0) is 8.43. The molecule has 1 aliphatic heterocycles. The molecule has 0 aromatic rings. The lowest BCUT2D eigenvalue weighted by molar-refractivity contribution is 0.340. The van der Waals surface area contributed by atoms with Gasteiger partial charge in [0.25, 0.3) is 0 Å². The van der Waals surface area contributed by atoms with Gasteiger partial charge in [-0.3, -0.25) is 0 Å². The molecule has 1 N–H and O–H groups in total. The van der Waals surface area contributed by atoms with E-state index < -0.39 is 0 Å². The Bertz CT molecular complexity index is 216. The number of nitrogens with zero attached hydrogens (tertiary/aromatic N) is 1. The first-order valence-electron chi connectivity index (χ1n) is 3.69. The number of allylic oxidation sites excluding steroid dienone is 2. The summed E-state index contributed by atoms with van der Waals surface area (Å²) in [6.07, 6.45) is 4.00. The molecular weight excluding hydrogens is 136 g/mol. The molecule has 0 spiro atoms. The first-order chi connectivity index (χ1) is 5.20. The van der Waals surface area contributed by atoms with Crippen molar-refractivity contribution in [3.05, 3.63) is 36.7 Å². The van der Waals surface area contributed by atoms with Crippen molar-refractivity contribution in [3.8, 4) is 0 Å². The summed E-state index contributed by atoms with van der Waals surface area (Å²) in [6.45, 7) is 9.55. The van der Waals surface area contributed by atoms with Crippen molar-refractivity contribution in [1.82, 2.24) is 10.2 Å². The van der Waals surface area contributed by atoms with Gasteiger partial charge in [-0.05, 0) is 19.1 Å². The summed E-state index contributed by atoms with van der Waals surface area (Å²) >= 11 is 0. The normalized spacial score (nSPS) is 23.5. The topological polar surface area (TPSA) is 15.3 Å². The van der Waals surface area contributed by atoms with E-state index in [1.165, 1.54) is 0 Å². The van der Waals surface area contributed by atoms with Crippen LogP contribution in [0.15, 0.2) is 36.7 Å². The van der Waals surface area contributed by atoms with Gasteiger partial charge in [-0.25, -0.2) is 0 Å². The molecule has 1 atom stereocenters. The van der Waals surface area contributed by atoms with Crippen LogP contribution >= 0.6 is 0 Å². The third-order valence-corrected chi connectivity index (χ3v) is 2.00. The van der Waals surface area contributed by atoms with E-state index in [0.29, 0.717) is 6.17 Å². The van der Waals surface area contributed by atoms with Gasteiger partial charge in [-0.15, -0.1) is 0 Å². The van der Waals surface area contributed by atoms with Crippen LogP contribution in [0.25, 0.3) is 0 Å². The molecule has 0 amide bonds. The average molecular weight is 150 g/mol. The van der Waals surface area contributed by atoms with Crippen LogP contribution in [0.4, 0.5) is 0 Å². The molecule has 0 saturated carbocycles. The third kappa shape index (κ3) is 1.16. The van der Waals surface area contributed by atoms with Crippen LogP contribution in [0.1, 0.15) is 6.92 Å². The zero-order valence-electron chi connectivity index (χ0n) is 7.09. The Kier molecular flexibility index (Phi) is 2.03. The van der Waals surface area contributed by atoms with E-state index >= 15 is 0 Å². The molecule has 1 unspecified atom stereocenters. The highest BCUT2D eigenvalue weighted by atomic mass is 15.3. The minimum absolute atomic E-state index is 0.344. The predicted octanol–water partition coefficient (Wildman–Crippen LogP) is 1.45. The van der Waals surface area contributed by atoms with E-state index in [9.17, 15) is 0 Å². The molecule has 0 radical (unpaired) electrons. The van der Waals surface area contributed by atoms with Gasteiger partial charge in [0.2, 0.25) is 0 Å². The third-order valence-electron chi connectivity index (χ3n) is 2.00. The summed E-state index contributed by atoms with van der Waals surface area (Å²) in [4.78, 5) is 2.13. The highest BCUT2D eigenvalue weighted by Gasteiger charge is 2.20. The Morgan fingerprint density at radius 2 is 2.09 bits per heavy atom. The van der Waals surface area contributed by atoms with Crippen molar-refractivity contribution in [2.45, 2.75) is 13.1 Å². The molecule has 60 valence electrons. The molecule has 1 rings (SSSR count). The van der Waals surface area contributed by atoms with Gasteiger partial charge in [-0.1, -0.05) is 13.2 Å². The van der Waals surface area contributed by atoms with E-state index in [0.717, 1.165) is 11.4 Å². The largest absolute Gasteiger partial charge is 0.364 e. The van der Waals surface area contributed by atoms with Crippen molar-refractivity contribution < 1.29 is 0 Å². The SMILES string of the molecule is C=CC1=C(C=C)N(C)C(C)N1. The van der Waals surface area contributed by atoms with Crippen molar-refractivity contribution in [3.63, 3.8) is 0 Å². The quantitative estimate of drug-likeness (QED) is 0.641. The molecule has 0 aromatic carbocycles. The number of rotatable bonds is 2. The number of hydrogen-bond donors (Lipinski definition) is 1. The second-order valence-corrected chi connectivity index (χ2v) is 2.64. The summed E-state index contributed by atoms with van der Waals surface area (Å²) in [5, 5.41) is 3.27. The molecule has 2 nitrogen and oxygen atoms in total. The molecule has 0 bridgehead atoms. The molecule has 11 heavy (non-hydrogen) atoms. The molecule has 1 heterocycles. The van der Waals surface area contributed by atoms with Crippen LogP contribution in [0.2, 0.25) is 0 Å². The van der Waals surface area contributed by atoms with Crippen molar-refractivity contribution in [2.75, 3.05) is 7.05 Å². The van der Waals surface area contributed by atoms with Crippen LogP contribution in [0.5, 0.6) is 0 Å². The Labute approximate surface area is 67.9 Å². The first-order valence-corrected chi connectivity index (χ1v) is 3.69. The maximum Gasteiger partial charge on any atom is 0.0959 e. The van der Waals surface area contributed by atoms with Gasteiger partial charge in [0, 0.05) is 7.05 Å². The molecule has 1 aliphatic rings. The van der Waals surface area contributed by atoms with Gasteiger partial charge in [0.05, 0.1) is 17.6 Å². The molecule has 0 fully saturated rings. The van der Waals surface area contributed by atoms with Gasteiger partial charge in [0.1, 0.15) is 0 Å². The van der Waals surface area contributed by atoms with Crippen LogP contribution in [0, 0.1) is 0 Å². The fourth-order valence-corrected chi connectivity index (χ4v) is 1.21. The molecule has 0 aliphatic carbocycles. The summed E-state index contributed by atoms with van der Waals surface area (Å²) < 4.78 is 0. The standard InChI is InChI=1S/C9H14N2/c1-5-8-9(6-2)11(4)7(3)10-8/h5-7,10H,1-2H2,3-4H3. The summed E-state index contributed by atoms with van der Waals surface area (Å²) in [6, 6.07) is 0. The van der Waals surface area contributed by atoms with Crippen molar-refractivity contribution in [1.29, 1.82) is 0 Å². The smallest absolute Gasteiger partial charge is 0.0959 e. The lowest BCUT2D eigenvalue weighted by atomic mass is 10.3. The van der Waals surface area contributed by atoms with E-state index in [2.05, 4.69) is 30.3 Å². The van der Waals surface area contributed by atoms with Gasteiger partial charge < -0.3 is 10.2 Å². The van der Waals surface area contributed by atoms with E-state index in [-0.39, 0.29) is 0 Å². The lowest BCUT2D eigenvalue weighted by Crippen LogP contribution is -2.30. The van der Waals surface area contributed by atoms with Crippen LogP contribution in [-0.4, -0.2) is 18.1 Å². The number of nitrogens with one attached hydrogen (secondary N) is 1. The van der Waals surface area contributed by atoms with Crippen molar-refractivity contribution in [2.24, 2.45) is 0 Å². The van der Waals surface area contributed by atoms with E-state index in [1.807, 2.05) is 19.2 Å². The van der Waals surface area contributed by atoms with Gasteiger partial charge >= 0.3 is 0 Å². The fourth-order valence-electron chi connectivity index (χ4n) is 1.21. The maximum absolute atomic E-state index is 3.74. The minimum Gasteiger partial charge on any atom is -0.364 e. The number of hydrogen-bond acceptors (Lipinski definition) is 2. The zero-order valence-corrected chi connectivity index (χ0v) is 7.09. The number of likely N-dealkylation sites (N-methyl/N-ethyl adjacent to an activating group) is 1. The monoisotopic (exact) mass is 150 g/mol. The second kappa shape index (κ2) is 2.82. The highest BCUT2D eigenvalue weighted by Crippen LogP contribution is 2.18. The van der Waals surface area contributed by atoms with Crippen LogP contribution in [-0.2, 0) is 0 Å². The average Bonchev–Trinajstić information content (AvgIpc) is 2.28. The van der Waals surface area contributed by atoms with E-state index in [4.69, 9.17) is 0 Å². The summed E-state index contributed by atoms with van der Waals surface area (Å²) in [5.74, 6) is 0. The van der Waals surface area contributed by atoms with Gasteiger partial charge in [-0.2, -0.15) is 0 Å². The molecular formula is C9H14N2.